The molecule has 5 nitrogen and oxygen atoms in total. The second-order valence-corrected chi connectivity index (χ2v) is 5.08. The Labute approximate surface area is 119 Å². The summed E-state index contributed by atoms with van der Waals surface area (Å²) in [6, 6.07) is 6.76. The molecule has 0 spiro atoms. The van der Waals surface area contributed by atoms with Crippen LogP contribution in [0.25, 0.3) is 0 Å². The number of hydrogen-bond donors (Lipinski definition) is 1. The van der Waals surface area contributed by atoms with Crippen molar-refractivity contribution >= 4 is 29.1 Å². The van der Waals surface area contributed by atoms with E-state index in [1.165, 1.54) is 11.8 Å². The van der Waals surface area contributed by atoms with Crippen molar-refractivity contribution in [2.45, 2.75) is 11.6 Å². The molecule has 0 aliphatic carbocycles. The van der Waals surface area contributed by atoms with Gasteiger partial charge in [0, 0.05) is 23.6 Å². The first-order valence-corrected chi connectivity index (χ1v) is 6.99. The quantitative estimate of drug-likeness (QED) is 0.650. The van der Waals surface area contributed by atoms with E-state index >= 15 is 0 Å². The van der Waals surface area contributed by atoms with Gasteiger partial charge < -0.3 is 10.2 Å². The predicted molar refractivity (Wildman–Crippen MR) is 73.6 cm³/mol. The molecule has 0 unspecified atom stereocenters. The number of Topliss-reactive ketones (excluding diaryl/α,β-unsaturated/α-hetero) is 1. The van der Waals surface area contributed by atoms with E-state index in [9.17, 15) is 4.79 Å². The average molecular weight is 298 g/mol. The molecule has 0 radical (unpaired) electrons. The van der Waals surface area contributed by atoms with E-state index in [1.54, 1.807) is 24.3 Å². The largest absolute Gasteiger partial charge is 0.416 e. The van der Waals surface area contributed by atoms with Gasteiger partial charge in [-0.15, -0.1) is 10.2 Å². The summed E-state index contributed by atoms with van der Waals surface area (Å²) in [5.41, 5.74) is 5.99. The second kappa shape index (κ2) is 6.70. The lowest BCUT2D eigenvalue weighted by Crippen LogP contribution is -2.02. The standard InChI is InChI=1S/C12H12ClN3O2S/c13-9-3-1-8(2-4-9)10(17)7-19-12-16-15-11(18-12)5-6-14/h1-4H,5-7,14H2. The summed E-state index contributed by atoms with van der Waals surface area (Å²) in [6.07, 6.45) is 0.540. The van der Waals surface area contributed by atoms with Gasteiger partial charge in [-0.25, -0.2) is 0 Å². The third-order valence-corrected chi connectivity index (χ3v) is 3.37. The van der Waals surface area contributed by atoms with Gasteiger partial charge in [0.1, 0.15) is 0 Å². The highest BCUT2D eigenvalue weighted by molar-refractivity contribution is 7.99. The Balaban J connectivity index is 1.90. The van der Waals surface area contributed by atoms with E-state index in [2.05, 4.69) is 10.2 Å². The lowest BCUT2D eigenvalue weighted by molar-refractivity contribution is 0.102. The molecule has 100 valence electrons. The summed E-state index contributed by atoms with van der Waals surface area (Å²) >= 11 is 6.97. The number of hydrogen-bond acceptors (Lipinski definition) is 6. The highest BCUT2D eigenvalue weighted by Gasteiger charge is 2.10. The third kappa shape index (κ3) is 4.05. The maximum Gasteiger partial charge on any atom is 0.277 e. The average Bonchev–Trinajstić information content (AvgIpc) is 2.85. The first kappa shape index (κ1) is 14.0. The van der Waals surface area contributed by atoms with Gasteiger partial charge in [-0.3, -0.25) is 4.79 Å². The van der Waals surface area contributed by atoms with Crippen molar-refractivity contribution in [1.29, 1.82) is 0 Å². The molecule has 0 aliphatic heterocycles. The molecule has 2 N–H and O–H groups in total. The number of aromatic nitrogens is 2. The normalized spacial score (nSPS) is 10.6. The second-order valence-electron chi connectivity index (χ2n) is 3.72. The van der Waals surface area contributed by atoms with Gasteiger partial charge in [-0.05, 0) is 24.3 Å². The summed E-state index contributed by atoms with van der Waals surface area (Å²) in [6.45, 7) is 0.454. The Bertz CT molecular complexity index is 556. The van der Waals surface area contributed by atoms with Gasteiger partial charge in [0.15, 0.2) is 5.78 Å². The first-order valence-electron chi connectivity index (χ1n) is 5.63. The lowest BCUT2D eigenvalue weighted by Gasteiger charge is -1.98. The number of thioether (sulfide) groups is 1. The zero-order valence-electron chi connectivity index (χ0n) is 10.0. The third-order valence-electron chi connectivity index (χ3n) is 2.30. The monoisotopic (exact) mass is 297 g/mol. The van der Waals surface area contributed by atoms with Gasteiger partial charge >= 0.3 is 0 Å². The number of benzene rings is 1. The first-order chi connectivity index (χ1) is 9.19. The maximum atomic E-state index is 11.9. The molecule has 1 aromatic carbocycles. The SMILES string of the molecule is NCCc1nnc(SCC(=O)c2ccc(Cl)cc2)o1. The molecule has 0 saturated heterocycles. The van der Waals surface area contributed by atoms with Crippen molar-refractivity contribution in [2.75, 3.05) is 12.3 Å². The number of ketones is 1. The summed E-state index contributed by atoms with van der Waals surface area (Å²) in [5, 5.41) is 8.64. The van der Waals surface area contributed by atoms with Gasteiger partial charge in [-0.2, -0.15) is 0 Å². The predicted octanol–water partition coefficient (Wildman–Crippen LogP) is 2.20. The number of halogens is 1. The van der Waals surface area contributed by atoms with Gasteiger partial charge in [0.25, 0.3) is 5.22 Å². The molecule has 0 saturated carbocycles. The zero-order valence-corrected chi connectivity index (χ0v) is 11.6. The minimum atomic E-state index is -0.0137. The molecule has 2 aromatic rings. The molecular weight excluding hydrogens is 286 g/mol. The van der Waals surface area contributed by atoms with Gasteiger partial charge in [0.05, 0.1) is 5.75 Å². The van der Waals surface area contributed by atoms with E-state index in [0.29, 0.717) is 34.7 Å². The molecule has 1 heterocycles. The summed E-state index contributed by atoms with van der Waals surface area (Å²) in [4.78, 5) is 11.9. The summed E-state index contributed by atoms with van der Waals surface area (Å²) in [5.74, 6) is 0.718. The molecule has 0 fully saturated rings. The van der Waals surface area contributed by atoms with Crippen molar-refractivity contribution in [1.82, 2.24) is 10.2 Å². The number of nitrogens with zero attached hydrogens (tertiary/aromatic N) is 2. The zero-order chi connectivity index (χ0) is 13.7. The topological polar surface area (TPSA) is 82.0 Å². The van der Waals surface area contributed by atoms with Crippen LogP contribution in [0.1, 0.15) is 16.2 Å². The van der Waals surface area contributed by atoms with Crippen LogP contribution in [-0.4, -0.2) is 28.3 Å². The van der Waals surface area contributed by atoms with Crippen LogP contribution < -0.4 is 5.73 Å². The smallest absolute Gasteiger partial charge is 0.277 e. The van der Waals surface area contributed by atoms with Crippen LogP contribution in [0.5, 0.6) is 0 Å². The Morgan fingerprint density at radius 1 is 1.32 bits per heavy atom. The Kier molecular flexibility index (Phi) is 4.95. The van der Waals surface area contributed by atoms with E-state index in [4.69, 9.17) is 21.8 Å². The summed E-state index contributed by atoms with van der Waals surface area (Å²) < 4.78 is 5.32. The van der Waals surface area contributed by atoms with Gasteiger partial charge in [-0.1, -0.05) is 23.4 Å². The van der Waals surface area contributed by atoms with Crippen LogP contribution in [0.3, 0.4) is 0 Å². The van der Waals surface area contributed by atoms with Crippen LogP contribution in [0, 0.1) is 0 Å². The van der Waals surface area contributed by atoms with E-state index in [0.717, 1.165) is 0 Å². The molecule has 0 amide bonds. The Hall–Kier alpha value is -1.37. The van der Waals surface area contributed by atoms with Gasteiger partial charge in [0.2, 0.25) is 5.89 Å². The fourth-order valence-electron chi connectivity index (χ4n) is 1.37. The lowest BCUT2D eigenvalue weighted by atomic mass is 10.1. The van der Waals surface area contributed by atoms with Crippen LogP contribution >= 0.6 is 23.4 Å². The van der Waals surface area contributed by atoms with E-state index < -0.39 is 0 Å². The highest BCUT2D eigenvalue weighted by atomic mass is 35.5. The van der Waals surface area contributed by atoms with Crippen molar-refractivity contribution in [3.8, 4) is 0 Å². The Morgan fingerprint density at radius 2 is 2.05 bits per heavy atom. The Morgan fingerprint density at radius 3 is 2.74 bits per heavy atom. The van der Waals surface area contributed by atoms with Crippen LogP contribution in [0.2, 0.25) is 5.02 Å². The van der Waals surface area contributed by atoms with E-state index in [-0.39, 0.29) is 11.5 Å². The van der Waals surface area contributed by atoms with Crippen molar-refractivity contribution < 1.29 is 9.21 Å². The van der Waals surface area contributed by atoms with Crippen LogP contribution in [0.4, 0.5) is 0 Å². The minimum Gasteiger partial charge on any atom is -0.416 e. The molecule has 0 bridgehead atoms. The molecular formula is C12H12ClN3O2S. The fourth-order valence-corrected chi connectivity index (χ4v) is 2.17. The number of rotatable bonds is 6. The number of carbonyl (C=O) groups excluding carboxylic acids is 1. The van der Waals surface area contributed by atoms with Crippen LogP contribution in [-0.2, 0) is 6.42 Å². The molecule has 0 aliphatic rings. The number of nitrogens with two attached hydrogens (primary N) is 1. The molecule has 7 heteroatoms. The minimum absolute atomic E-state index is 0.0137. The van der Waals surface area contributed by atoms with Crippen molar-refractivity contribution in [3.63, 3.8) is 0 Å². The molecule has 2 rings (SSSR count). The summed E-state index contributed by atoms with van der Waals surface area (Å²) in [7, 11) is 0. The fraction of sp³-hybridized carbons (Fsp3) is 0.250. The van der Waals surface area contributed by atoms with Crippen molar-refractivity contribution in [2.24, 2.45) is 5.73 Å². The molecule has 19 heavy (non-hydrogen) atoms. The molecule has 0 atom stereocenters. The van der Waals surface area contributed by atoms with E-state index in [1.807, 2.05) is 0 Å². The van der Waals surface area contributed by atoms with Crippen molar-refractivity contribution in [3.05, 3.63) is 40.7 Å². The van der Waals surface area contributed by atoms with Crippen LogP contribution in [0.15, 0.2) is 33.9 Å². The maximum absolute atomic E-state index is 11.9. The highest BCUT2D eigenvalue weighted by Crippen LogP contribution is 2.18. The molecule has 1 aromatic heterocycles. The number of carbonyl (C=O) groups is 1.